The van der Waals surface area contributed by atoms with Gasteiger partial charge in [-0.1, -0.05) is 23.2 Å². The molecule has 0 aliphatic rings. The molecule has 2 N–H and O–H groups in total. The van der Waals surface area contributed by atoms with Crippen LogP contribution in [0.15, 0.2) is 42.5 Å². The second-order valence-electron chi connectivity index (χ2n) is 7.42. The van der Waals surface area contributed by atoms with Gasteiger partial charge in [0.25, 0.3) is 11.8 Å². The highest BCUT2D eigenvalue weighted by Crippen LogP contribution is 2.37. The molecule has 2 aromatic carbocycles. The summed E-state index contributed by atoms with van der Waals surface area (Å²) >= 11 is 12.5. The van der Waals surface area contributed by atoms with Crippen LogP contribution in [0.3, 0.4) is 0 Å². The van der Waals surface area contributed by atoms with Gasteiger partial charge in [-0.25, -0.2) is 4.79 Å². The fraction of sp³-hybridized carbons (Fsp3) is 0.208. The van der Waals surface area contributed by atoms with E-state index in [1.165, 1.54) is 6.92 Å². The van der Waals surface area contributed by atoms with Gasteiger partial charge in [-0.2, -0.15) is 13.2 Å². The van der Waals surface area contributed by atoms with Crippen LogP contribution in [0.25, 0.3) is 0 Å². The summed E-state index contributed by atoms with van der Waals surface area (Å²) in [6.45, 7) is 2.65. The number of esters is 1. The summed E-state index contributed by atoms with van der Waals surface area (Å²) in [6, 6.07) is 8.79. The van der Waals surface area contributed by atoms with Crippen molar-refractivity contribution in [2.45, 2.75) is 20.0 Å². The average Bonchev–Trinajstić information content (AvgIpc) is 3.15. The quantitative estimate of drug-likeness (QED) is 0.288. The Morgan fingerprint density at radius 2 is 1.70 bits per heavy atom. The predicted octanol–water partition coefficient (Wildman–Crippen LogP) is 6.83. The zero-order valence-corrected chi connectivity index (χ0v) is 21.6. The molecule has 0 spiro atoms. The molecule has 3 rings (SSSR count). The number of rotatable bonds is 8. The lowest BCUT2D eigenvalue weighted by Gasteiger charge is -2.11. The number of benzene rings is 2. The molecule has 1 aromatic heterocycles. The number of carbonyl (C=O) groups excluding carboxylic acids is 3. The minimum absolute atomic E-state index is 0.0148. The molecular weight excluding hydrogens is 556 g/mol. The van der Waals surface area contributed by atoms with E-state index in [1.54, 1.807) is 31.2 Å². The summed E-state index contributed by atoms with van der Waals surface area (Å²) in [4.78, 5) is 38.0. The number of amides is 2. The molecule has 0 unspecified atom stereocenters. The van der Waals surface area contributed by atoms with E-state index in [9.17, 15) is 27.6 Å². The van der Waals surface area contributed by atoms with E-state index in [1.807, 2.05) is 0 Å². The molecule has 1 heterocycles. The van der Waals surface area contributed by atoms with Crippen molar-refractivity contribution < 1.29 is 37.0 Å². The molecule has 37 heavy (non-hydrogen) atoms. The number of thiophene rings is 1. The fourth-order valence-corrected chi connectivity index (χ4v) is 4.48. The van der Waals surface area contributed by atoms with Crippen LogP contribution in [0.1, 0.15) is 38.1 Å². The van der Waals surface area contributed by atoms with E-state index in [-0.39, 0.29) is 38.3 Å². The zero-order chi connectivity index (χ0) is 27.3. The summed E-state index contributed by atoms with van der Waals surface area (Å²) in [6.07, 6.45) is -4.65. The van der Waals surface area contributed by atoms with E-state index >= 15 is 0 Å². The van der Waals surface area contributed by atoms with Crippen LogP contribution in [0.4, 0.5) is 23.9 Å². The van der Waals surface area contributed by atoms with Crippen molar-refractivity contribution in [2.24, 2.45) is 0 Å². The average molecular weight is 575 g/mol. The van der Waals surface area contributed by atoms with Gasteiger partial charge in [0.2, 0.25) is 0 Å². The number of alkyl halides is 3. The van der Waals surface area contributed by atoms with E-state index in [0.29, 0.717) is 16.8 Å². The zero-order valence-electron chi connectivity index (χ0n) is 19.3. The van der Waals surface area contributed by atoms with Gasteiger partial charge in [-0.15, -0.1) is 11.3 Å². The summed E-state index contributed by atoms with van der Waals surface area (Å²) < 4.78 is 49.7. The van der Waals surface area contributed by atoms with Gasteiger partial charge >= 0.3 is 12.1 Å². The number of hydrogen-bond acceptors (Lipinski definition) is 6. The third kappa shape index (κ3) is 7.15. The minimum Gasteiger partial charge on any atom is -0.484 e. The Balaban J connectivity index is 1.85. The van der Waals surface area contributed by atoms with Crippen molar-refractivity contribution in [2.75, 3.05) is 23.8 Å². The van der Waals surface area contributed by atoms with Crippen LogP contribution < -0.4 is 15.4 Å². The Morgan fingerprint density at radius 3 is 2.32 bits per heavy atom. The molecule has 0 aliphatic carbocycles. The van der Waals surface area contributed by atoms with Crippen LogP contribution in [-0.4, -0.2) is 31.0 Å². The highest BCUT2D eigenvalue weighted by Gasteiger charge is 2.32. The lowest BCUT2D eigenvalue weighted by molar-refractivity contribution is -0.137. The number of halogens is 5. The van der Waals surface area contributed by atoms with Gasteiger partial charge in [-0.3, -0.25) is 9.59 Å². The molecule has 0 saturated carbocycles. The first-order chi connectivity index (χ1) is 17.4. The molecule has 3 aromatic rings. The standard InChI is InChI=1S/C24H19Cl2F3N2O5S/c1-3-35-23(34)19-12(2)20(21(33)30-17-10-13(24(27,28)29)4-9-16(17)26)37-22(19)31-18(32)11-36-15-7-5-14(25)6-8-15/h4-10H,3,11H2,1-2H3,(H,30,33)(H,31,32). The van der Waals surface area contributed by atoms with Crippen molar-refractivity contribution in [1.82, 2.24) is 0 Å². The van der Waals surface area contributed by atoms with Gasteiger partial charge in [0.05, 0.1) is 33.3 Å². The SMILES string of the molecule is CCOC(=O)c1c(NC(=O)COc2ccc(Cl)cc2)sc(C(=O)Nc2cc(C(F)(F)F)ccc2Cl)c1C. The first-order valence-corrected chi connectivity index (χ1v) is 12.1. The molecule has 0 radical (unpaired) electrons. The lowest BCUT2D eigenvalue weighted by Crippen LogP contribution is -2.21. The van der Waals surface area contributed by atoms with Crippen molar-refractivity contribution in [1.29, 1.82) is 0 Å². The third-order valence-electron chi connectivity index (χ3n) is 4.81. The Bertz CT molecular complexity index is 1330. The van der Waals surface area contributed by atoms with E-state index < -0.39 is 36.1 Å². The van der Waals surface area contributed by atoms with Crippen molar-refractivity contribution in [3.8, 4) is 5.75 Å². The molecular formula is C24H19Cl2F3N2O5S. The van der Waals surface area contributed by atoms with Crippen LogP contribution in [-0.2, 0) is 15.7 Å². The monoisotopic (exact) mass is 574 g/mol. The van der Waals surface area contributed by atoms with Crippen molar-refractivity contribution in [3.05, 3.63) is 74.1 Å². The smallest absolute Gasteiger partial charge is 0.416 e. The third-order valence-corrected chi connectivity index (χ3v) is 6.60. The maximum absolute atomic E-state index is 13.1. The molecule has 2 amide bonds. The van der Waals surface area contributed by atoms with Crippen LogP contribution in [0, 0.1) is 6.92 Å². The van der Waals surface area contributed by atoms with Crippen LogP contribution >= 0.6 is 34.5 Å². The molecule has 0 aliphatic heterocycles. The Kier molecular flexibility index (Phi) is 9.06. The number of ether oxygens (including phenoxy) is 2. The second-order valence-corrected chi connectivity index (χ2v) is 9.28. The largest absolute Gasteiger partial charge is 0.484 e. The van der Waals surface area contributed by atoms with Crippen molar-refractivity contribution >= 4 is 63.0 Å². The number of carbonyl (C=O) groups is 3. The number of nitrogens with one attached hydrogen (secondary N) is 2. The van der Waals surface area contributed by atoms with Gasteiger partial charge in [0.15, 0.2) is 6.61 Å². The van der Waals surface area contributed by atoms with E-state index in [0.717, 1.165) is 23.5 Å². The van der Waals surface area contributed by atoms with Crippen molar-refractivity contribution in [3.63, 3.8) is 0 Å². The summed E-state index contributed by atoms with van der Waals surface area (Å²) in [5, 5.41) is 5.25. The lowest BCUT2D eigenvalue weighted by atomic mass is 10.1. The first kappa shape index (κ1) is 28.3. The Hall–Kier alpha value is -3.28. The van der Waals surface area contributed by atoms with E-state index in [4.69, 9.17) is 32.7 Å². The second kappa shape index (κ2) is 11.8. The molecule has 0 bridgehead atoms. The Morgan fingerprint density at radius 1 is 1.03 bits per heavy atom. The van der Waals surface area contributed by atoms with E-state index in [2.05, 4.69) is 10.6 Å². The maximum atomic E-state index is 13.1. The molecule has 0 atom stereocenters. The fourth-order valence-electron chi connectivity index (χ4n) is 3.09. The first-order valence-electron chi connectivity index (χ1n) is 10.6. The predicted molar refractivity (Wildman–Crippen MR) is 135 cm³/mol. The molecule has 0 saturated heterocycles. The number of anilines is 2. The summed E-state index contributed by atoms with van der Waals surface area (Å²) in [7, 11) is 0. The van der Waals surface area contributed by atoms with Gasteiger partial charge < -0.3 is 20.1 Å². The van der Waals surface area contributed by atoms with Gasteiger partial charge in [0.1, 0.15) is 10.8 Å². The number of hydrogen-bond donors (Lipinski definition) is 2. The van der Waals surface area contributed by atoms with Gasteiger partial charge in [0, 0.05) is 5.02 Å². The van der Waals surface area contributed by atoms with Crippen LogP contribution in [0.2, 0.25) is 10.0 Å². The molecule has 0 fully saturated rings. The van der Waals surface area contributed by atoms with Gasteiger partial charge in [-0.05, 0) is 61.9 Å². The minimum atomic E-state index is -4.65. The molecule has 196 valence electrons. The molecule has 7 nitrogen and oxygen atoms in total. The normalized spacial score (nSPS) is 11.1. The van der Waals surface area contributed by atoms with Crippen LogP contribution in [0.5, 0.6) is 5.75 Å². The Labute approximate surface area is 223 Å². The molecule has 13 heteroatoms. The maximum Gasteiger partial charge on any atom is 0.416 e. The summed E-state index contributed by atoms with van der Waals surface area (Å²) in [5.41, 5.74) is -1.17. The highest BCUT2D eigenvalue weighted by atomic mass is 35.5. The highest BCUT2D eigenvalue weighted by molar-refractivity contribution is 7.19. The summed E-state index contributed by atoms with van der Waals surface area (Å²) in [5.74, 6) is -1.87. The topological polar surface area (TPSA) is 93.7 Å².